The molecular weight excluding hydrogens is 280 g/mol. The van der Waals surface area contributed by atoms with Gasteiger partial charge in [-0.3, -0.25) is 4.79 Å². The number of nitrogens with zero attached hydrogens (tertiary/aromatic N) is 1. The van der Waals surface area contributed by atoms with Gasteiger partial charge in [-0.05, 0) is 38.3 Å². The normalized spacial score (nSPS) is 11.6. The van der Waals surface area contributed by atoms with Crippen molar-refractivity contribution in [1.82, 2.24) is 9.88 Å². The Bertz CT molecular complexity index is 716. The second-order valence-electron chi connectivity index (χ2n) is 6.13. The molecule has 5 heteroatoms. The molecule has 0 fully saturated rings. The first-order chi connectivity index (χ1) is 10.2. The van der Waals surface area contributed by atoms with E-state index in [0.29, 0.717) is 6.42 Å². The summed E-state index contributed by atoms with van der Waals surface area (Å²) in [6.07, 6.45) is 2.80. The zero-order valence-electron chi connectivity index (χ0n) is 13.4. The number of likely N-dealkylation sites (N-methyl/N-ethyl adjacent to an activating group) is 1. The van der Waals surface area contributed by atoms with Crippen molar-refractivity contribution in [2.24, 2.45) is 0 Å². The third-order valence-corrected chi connectivity index (χ3v) is 4.35. The molecule has 1 amide bonds. The van der Waals surface area contributed by atoms with Gasteiger partial charge in [-0.25, -0.2) is 4.79 Å². The zero-order valence-corrected chi connectivity index (χ0v) is 13.4. The standard InChI is InChI=1S/C17H22N2O3/c1-11-6-5-7-13-12(10-18-15(11)13)8-9-14(20)19(4)17(2,3)16(21)22/h5-7,10,18H,8-9H2,1-4H3,(H,21,22). The van der Waals surface area contributed by atoms with Crippen molar-refractivity contribution in [1.29, 1.82) is 0 Å². The highest BCUT2D eigenvalue weighted by molar-refractivity contribution is 5.88. The third-order valence-electron chi connectivity index (χ3n) is 4.35. The SMILES string of the molecule is Cc1cccc2c(CCC(=O)N(C)C(C)(C)C(=O)O)c[nH]c12. The number of aliphatic carboxylic acids is 1. The van der Waals surface area contributed by atoms with Gasteiger partial charge in [0.25, 0.3) is 0 Å². The zero-order chi connectivity index (χ0) is 16.5. The van der Waals surface area contributed by atoms with Crippen LogP contribution in [0.3, 0.4) is 0 Å². The Morgan fingerprint density at radius 1 is 1.32 bits per heavy atom. The molecule has 22 heavy (non-hydrogen) atoms. The summed E-state index contributed by atoms with van der Waals surface area (Å²) in [5.41, 5.74) is 2.13. The van der Waals surface area contributed by atoms with Crippen LogP contribution in [0.25, 0.3) is 10.9 Å². The summed E-state index contributed by atoms with van der Waals surface area (Å²) in [4.78, 5) is 28.0. The van der Waals surface area contributed by atoms with Crippen molar-refractivity contribution < 1.29 is 14.7 Å². The highest BCUT2D eigenvalue weighted by Crippen LogP contribution is 2.23. The van der Waals surface area contributed by atoms with Crippen LogP contribution in [0.2, 0.25) is 0 Å². The van der Waals surface area contributed by atoms with E-state index >= 15 is 0 Å². The number of carbonyl (C=O) groups excluding carboxylic acids is 1. The first-order valence-corrected chi connectivity index (χ1v) is 7.30. The summed E-state index contributed by atoms with van der Waals surface area (Å²) in [5, 5.41) is 10.3. The monoisotopic (exact) mass is 302 g/mol. The Morgan fingerprint density at radius 2 is 2.00 bits per heavy atom. The van der Waals surface area contributed by atoms with Gasteiger partial charge >= 0.3 is 5.97 Å². The van der Waals surface area contributed by atoms with Crippen LogP contribution in [0.1, 0.15) is 31.4 Å². The molecule has 0 spiro atoms. The van der Waals surface area contributed by atoms with Crippen molar-refractivity contribution in [3.63, 3.8) is 0 Å². The van der Waals surface area contributed by atoms with Crippen molar-refractivity contribution >= 4 is 22.8 Å². The number of amides is 1. The number of hydrogen-bond donors (Lipinski definition) is 2. The van der Waals surface area contributed by atoms with Gasteiger partial charge in [0.1, 0.15) is 5.54 Å². The first-order valence-electron chi connectivity index (χ1n) is 7.30. The molecule has 118 valence electrons. The van der Waals surface area contributed by atoms with Crippen molar-refractivity contribution in [3.8, 4) is 0 Å². The topological polar surface area (TPSA) is 73.4 Å². The van der Waals surface area contributed by atoms with E-state index in [1.54, 1.807) is 0 Å². The number of H-pyrrole nitrogens is 1. The summed E-state index contributed by atoms with van der Waals surface area (Å²) < 4.78 is 0. The predicted molar refractivity (Wildman–Crippen MR) is 85.8 cm³/mol. The fraction of sp³-hybridized carbons (Fsp3) is 0.412. The Morgan fingerprint density at radius 3 is 2.64 bits per heavy atom. The number of carboxylic acids is 1. The molecule has 0 atom stereocenters. The van der Waals surface area contributed by atoms with Gasteiger partial charge in [0.05, 0.1) is 0 Å². The van der Waals surface area contributed by atoms with Crippen LogP contribution in [-0.4, -0.2) is 39.5 Å². The maximum atomic E-state index is 12.2. The largest absolute Gasteiger partial charge is 0.480 e. The maximum Gasteiger partial charge on any atom is 0.329 e. The number of carbonyl (C=O) groups is 2. The number of carboxylic acid groups (broad SMARTS) is 1. The van der Waals surface area contributed by atoms with Crippen LogP contribution in [0.5, 0.6) is 0 Å². The average Bonchev–Trinajstić information content (AvgIpc) is 2.88. The van der Waals surface area contributed by atoms with E-state index in [1.807, 2.05) is 31.3 Å². The molecule has 1 heterocycles. The maximum absolute atomic E-state index is 12.2. The molecule has 0 unspecified atom stereocenters. The van der Waals surface area contributed by atoms with Crippen LogP contribution in [0.15, 0.2) is 24.4 Å². The number of para-hydroxylation sites is 1. The highest BCUT2D eigenvalue weighted by atomic mass is 16.4. The summed E-state index contributed by atoms with van der Waals surface area (Å²) in [6.45, 7) is 5.10. The van der Waals surface area contributed by atoms with Gasteiger partial charge in [0.2, 0.25) is 5.91 Å². The number of aryl methyl sites for hydroxylation is 2. The molecule has 0 aliphatic carbocycles. The number of fused-ring (bicyclic) bond motifs is 1. The fourth-order valence-corrected chi connectivity index (χ4v) is 2.44. The molecule has 2 rings (SSSR count). The molecule has 0 saturated carbocycles. The van der Waals surface area contributed by atoms with Crippen LogP contribution in [-0.2, 0) is 16.0 Å². The Labute approximate surface area is 129 Å². The number of aromatic amines is 1. The lowest BCUT2D eigenvalue weighted by Gasteiger charge is -2.31. The van der Waals surface area contributed by atoms with Gasteiger partial charge in [-0.2, -0.15) is 0 Å². The van der Waals surface area contributed by atoms with Crippen LogP contribution < -0.4 is 0 Å². The third kappa shape index (κ3) is 2.84. The summed E-state index contributed by atoms with van der Waals surface area (Å²) in [7, 11) is 1.54. The van der Waals surface area contributed by atoms with Crippen molar-refractivity contribution in [2.45, 2.75) is 39.2 Å². The second-order valence-corrected chi connectivity index (χ2v) is 6.13. The first kappa shape index (κ1) is 16.1. The van der Waals surface area contributed by atoms with Crippen LogP contribution >= 0.6 is 0 Å². The lowest BCUT2D eigenvalue weighted by molar-refractivity contribution is -0.155. The number of aromatic nitrogens is 1. The molecule has 0 aliphatic heterocycles. The quantitative estimate of drug-likeness (QED) is 0.892. The van der Waals surface area contributed by atoms with E-state index in [0.717, 1.165) is 16.5 Å². The molecule has 2 aromatic rings. The van der Waals surface area contributed by atoms with Crippen molar-refractivity contribution in [3.05, 3.63) is 35.5 Å². The van der Waals surface area contributed by atoms with Crippen LogP contribution in [0.4, 0.5) is 0 Å². The van der Waals surface area contributed by atoms with Gasteiger partial charge in [0, 0.05) is 30.6 Å². The molecule has 0 bridgehead atoms. The fourth-order valence-electron chi connectivity index (χ4n) is 2.44. The molecule has 1 aromatic heterocycles. The lowest BCUT2D eigenvalue weighted by atomic mass is 10.0. The van der Waals surface area contributed by atoms with E-state index < -0.39 is 11.5 Å². The molecule has 0 radical (unpaired) electrons. The lowest BCUT2D eigenvalue weighted by Crippen LogP contribution is -2.50. The number of benzene rings is 1. The minimum atomic E-state index is -1.20. The van der Waals surface area contributed by atoms with Gasteiger partial charge < -0.3 is 15.0 Å². The molecule has 1 aromatic carbocycles. The molecular formula is C17H22N2O3. The smallest absolute Gasteiger partial charge is 0.329 e. The van der Waals surface area contributed by atoms with E-state index in [-0.39, 0.29) is 12.3 Å². The van der Waals surface area contributed by atoms with E-state index in [4.69, 9.17) is 0 Å². The van der Waals surface area contributed by atoms with Gasteiger partial charge in [0.15, 0.2) is 0 Å². The molecule has 5 nitrogen and oxygen atoms in total. The highest BCUT2D eigenvalue weighted by Gasteiger charge is 2.34. The predicted octanol–water partition coefficient (Wildman–Crippen LogP) is 2.73. The number of hydrogen-bond acceptors (Lipinski definition) is 2. The van der Waals surface area contributed by atoms with Crippen molar-refractivity contribution in [2.75, 3.05) is 7.05 Å². The van der Waals surface area contributed by atoms with E-state index in [9.17, 15) is 14.7 Å². The second kappa shape index (κ2) is 5.83. The summed E-state index contributed by atoms with van der Waals surface area (Å²) >= 11 is 0. The van der Waals surface area contributed by atoms with E-state index in [2.05, 4.69) is 4.98 Å². The van der Waals surface area contributed by atoms with Gasteiger partial charge in [-0.15, -0.1) is 0 Å². The van der Waals surface area contributed by atoms with E-state index in [1.165, 1.54) is 31.4 Å². The average molecular weight is 302 g/mol. The number of nitrogens with one attached hydrogen (secondary N) is 1. The Hall–Kier alpha value is -2.30. The Kier molecular flexibility index (Phi) is 4.26. The molecule has 0 saturated heterocycles. The number of rotatable bonds is 5. The van der Waals surface area contributed by atoms with Crippen LogP contribution in [0, 0.1) is 6.92 Å². The molecule has 2 N–H and O–H groups in total. The minimum absolute atomic E-state index is 0.172. The molecule has 0 aliphatic rings. The summed E-state index contributed by atoms with van der Waals surface area (Å²) in [6, 6.07) is 6.07. The van der Waals surface area contributed by atoms with Gasteiger partial charge in [-0.1, -0.05) is 18.2 Å². The minimum Gasteiger partial charge on any atom is -0.480 e. The Balaban J connectivity index is 2.11. The summed E-state index contributed by atoms with van der Waals surface area (Å²) in [5.74, 6) is -1.18.